The van der Waals surface area contributed by atoms with Gasteiger partial charge in [-0.15, -0.1) is 0 Å². The Balaban J connectivity index is 1.55. The van der Waals surface area contributed by atoms with Crippen LogP contribution in [0.2, 0.25) is 5.02 Å². The number of piperazine rings is 1. The van der Waals surface area contributed by atoms with Gasteiger partial charge in [0, 0.05) is 44.4 Å². The number of phenols is 1. The predicted molar refractivity (Wildman–Crippen MR) is 84.4 cm³/mol. The van der Waals surface area contributed by atoms with Crippen LogP contribution in [-0.2, 0) is 4.74 Å². The Morgan fingerprint density at radius 1 is 1.32 bits per heavy atom. The van der Waals surface area contributed by atoms with Gasteiger partial charge in [0.1, 0.15) is 5.75 Å². The van der Waals surface area contributed by atoms with Gasteiger partial charge in [0.25, 0.3) is 5.91 Å². The second-order valence-electron chi connectivity index (χ2n) is 5.98. The summed E-state index contributed by atoms with van der Waals surface area (Å²) in [6, 6.07) is 4.62. The number of hydrogen-bond acceptors (Lipinski definition) is 4. The molecule has 1 aromatic rings. The lowest BCUT2D eigenvalue weighted by molar-refractivity contribution is 0.0608. The van der Waals surface area contributed by atoms with E-state index in [0.717, 1.165) is 39.3 Å². The molecule has 2 aliphatic heterocycles. The molecule has 5 nitrogen and oxygen atoms in total. The van der Waals surface area contributed by atoms with E-state index in [9.17, 15) is 9.90 Å². The highest BCUT2D eigenvalue weighted by Crippen LogP contribution is 2.24. The van der Waals surface area contributed by atoms with Crippen molar-refractivity contribution in [2.24, 2.45) is 5.92 Å². The first kappa shape index (κ1) is 15.6. The van der Waals surface area contributed by atoms with Crippen molar-refractivity contribution in [1.29, 1.82) is 0 Å². The Labute approximate surface area is 135 Å². The maximum absolute atomic E-state index is 12.5. The molecule has 22 heavy (non-hydrogen) atoms. The molecule has 2 heterocycles. The van der Waals surface area contributed by atoms with E-state index in [1.807, 2.05) is 0 Å². The molecule has 0 radical (unpaired) electrons. The summed E-state index contributed by atoms with van der Waals surface area (Å²) >= 11 is 5.81. The van der Waals surface area contributed by atoms with E-state index >= 15 is 0 Å². The maximum atomic E-state index is 12.5. The summed E-state index contributed by atoms with van der Waals surface area (Å²) in [5.41, 5.74) is 0.321. The molecule has 1 N–H and O–H groups in total. The molecular formula is C16H21ClN2O3. The molecule has 0 aromatic heterocycles. The number of aromatic hydroxyl groups is 1. The number of carbonyl (C=O) groups excluding carboxylic acids is 1. The molecule has 1 atom stereocenters. The second kappa shape index (κ2) is 6.86. The molecule has 0 spiro atoms. The normalized spacial score (nSPS) is 23.0. The van der Waals surface area contributed by atoms with Crippen molar-refractivity contribution in [3.05, 3.63) is 28.8 Å². The minimum Gasteiger partial charge on any atom is -0.507 e. The van der Waals surface area contributed by atoms with Crippen molar-refractivity contribution in [2.45, 2.75) is 6.42 Å². The molecule has 3 rings (SSSR count). The molecule has 0 unspecified atom stereocenters. The fraction of sp³-hybridized carbons (Fsp3) is 0.562. The topological polar surface area (TPSA) is 53.0 Å². The number of phenolic OH excluding ortho intramolecular Hbond substituents is 1. The van der Waals surface area contributed by atoms with Crippen molar-refractivity contribution in [3.8, 4) is 5.75 Å². The van der Waals surface area contributed by atoms with Crippen LogP contribution in [0.3, 0.4) is 0 Å². The highest BCUT2D eigenvalue weighted by molar-refractivity contribution is 6.30. The number of benzene rings is 1. The van der Waals surface area contributed by atoms with E-state index in [-0.39, 0.29) is 11.7 Å². The summed E-state index contributed by atoms with van der Waals surface area (Å²) in [5, 5.41) is 10.3. The minimum absolute atomic E-state index is 0.0527. The van der Waals surface area contributed by atoms with Gasteiger partial charge in [-0.1, -0.05) is 11.6 Å². The lowest BCUT2D eigenvalue weighted by Crippen LogP contribution is -2.49. The van der Waals surface area contributed by atoms with Crippen LogP contribution in [0.15, 0.2) is 18.2 Å². The van der Waals surface area contributed by atoms with Gasteiger partial charge in [0.2, 0.25) is 0 Å². The zero-order valence-corrected chi connectivity index (χ0v) is 13.3. The standard InChI is InChI=1S/C16H21ClN2O3/c17-13-1-2-14(15(20)9-13)16(21)19-6-4-18(5-7-19)10-12-3-8-22-11-12/h1-2,9,12,20H,3-8,10-11H2/t12-/m0/s1. The van der Waals surface area contributed by atoms with E-state index in [1.165, 1.54) is 6.07 Å². The smallest absolute Gasteiger partial charge is 0.257 e. The third-order valence-corrected chi connectivity index (χ3v) is 4.63. The van der Waals surface area contributed by atoms with E-state index < -0.39 is 0 Å². The Hall–Kier alpha value is -1.30. The first-order valence-corrected chi connectivity index (χ1v) is 8.09. The molecule has 120 valence electrons. The molecule has 2 aliphatic rings. The second-order valence-corrected chi connectivity index (χ2v) is 6.42. The van der Waals surface area contributed by atoms with Crippen molar-refractivity contribution < 1.29 is 14.6 Å². The number of rotatable bonds is 3. The van der Waals surface area contributed by atoms with E-state index in [0.29, 0.717) is 29.6 Å². The first-order valence-electron chi connectivity index (χ1n) is 7.71. The lowest BCUT2D eigenvalue weighted by atomic mass is 10.1. The van der Waals surface area contributed by atoms with E-state index in [4.69, 9.17) is 16.3 Å². The summed E-state index contributed by atoms with van der Waals surface area (Å²) in [7, 11) is 0. The summed E-state index contributed by atoms with van der Waals surface area (Å²) < 4.78 is 5.41. The lowest BCUT2D eigenvalue weighted by Gasteiger charge is -2.35. The van der Waals surface area contributed by atoms with Gasteiger partial charge >= 0.3 is 0 Å². The van der Waals surface area contributed by atoms with Crippen molar-refractivity contribution in [3.63, 3.8) is 0 Å². The molecule has 1 amide bonds. The predicted octanol–water partition coefficient (Wildman–Crippen LogP) is 1.84. The van der Waals surface area contributed by atoms with Crippen molar-refractivity contribution >= 4 is 17.5 Å². The van der Waals surface area contributed by atoms with Gasteiger partial charge in [0.05, 0.1) is 12.2 Å². The quantitative estimate of drug-likeness (QED) is 0.922. The molecular weight excluding hydrogens is 304 g/mol. The van der Waals surface area contributed by atoms with Gasteiger partial charge in [0.15, 0.2) is 0 Å². The van der Waals surface area contributed by atoms with Crippen LogP contribution < -0.4 is 0 Å². The van der Waals surface area contributed by atoms with Crippen LogP contribution >= 0.6 is 11.6 Å². The van der Waals surface area contributed by atoms with Crippen molar-refractivity contribution in [2.75, 3.05) is 45.9 Å². The number of nitrogens with zero attached hydrogens (tertiary/aromatic N) is 2. The fourth-order valence-corrected chi connectivity index (χ4v) is 3.25. The van der Waals surface area contributed by atoms with Crippen LogP contribution in [0.25, 0.3) is 0 Å². The SMILES string of the molecule is O=C(c1ccc(Cl)cc1O)N1CCN(C[C@@H]2CCOC2)CC1. The van der Waals surface area contributed by atoms with E-state index in [1.54, 1.807) is 17.0 Å². The van der Waals surface area contributed by atoms with Gasteiger partial charge in [-0.05, 0) is 30.5 Å². The van der Waals surface area contributed by atoms with Crippen LogP contribution in [-0.4, -0.2) is 66.8 Å². The van der Waals surface area contributed by atoms with Crippen LogP contribution in [0, 0.1) is 5.92 Å². The van der Waals surface area contributed by atoms with Gasteiger partial charge in [-0.25, -0.2) is 0 Å². The maximum Gasteiger partial charge on any atom is 0.257 e. The zero-order chi connectivity index (χ0) is 15.5. The highest BCUT2D eigenvalue weighted by atomic mass is 35.5. The molecule has 0 saturated carbocycles. The molecule has 1 aromatic carbocycles. The molecule has 0 bridgehead atoms. The largest absolute Gasteiger partial charge is 0.507 e. The summed E-state index contributed by atoms with van der Waals surface area (Å²) in [6.07, 6.45) is 1.14. The fourth-order valence-electron chi connectivity index (χ4n) is 3.08. The van der Waals surface area contributed by atoms with E-state index in [2.05, 4.69) is 4.90 Å². The van der Waals surface area contributed by atoms with Crippen LogP contribution in [0.5, 0.6) is 5.75 Å². The molecule has 0 aliphatic carbocycles. The molecule has 2 fully saturated rings. The third-order valence-electron chi connectivity index (χ3n) is 4.39. The van der Waals surface area contributed by atoms with Crippen LogP contribution in [0.1, 0.15) is 16.8 Å². The van der Waals surface area contributed by atoms with Gasteiger partial charge < -0.3 is 14.7 Å². The summed E-state index contributed by atoms with van der Waals surface area (Å²) in [6.45, 7) is 5.90. The Morgan fingerprint density at radius 3 is 2.73 bits per heavy atom. The minimum atomic E-state index is -0.127. The Morgan fingerprint density at radius 2 is 2.09 bits per heavy atom. The van der Waals surface area contributed by atoms with Gasteiger partial charge in [-0.2, -0.15) is 0 Å². The first-order chi connectivity index (χ1) is 10.6. The Kier molecular flexibility index (Phi) is 4.86. The third kappa shape index (κ3) is 3.54. The summed E-state index contributed by atoms with van der Waals surface area (Å²) in [4.78, 5) is 16.7. The average molecular weight is 325 g/mol. The monoisotopic (exact) mass is 324 g/mol. The van der Waals surface area contributed by atoms with Crippen molar-refractivity contribution in [1.82, 2.24) is 9.80 Å². The number of hydrogen-bond donors (Lipinski definition) is 1. The molecule has 2 saturated heterocycles. The Bertz CT molecular complexity index is 538. The van der Waals surface area contributed by atoms with Crippen LogP contribution in [0.4, 0.5) is 0 Å². The number of amides is 1. The average Bonchev–Trinajstić information content (AvgIpc) is 3.00. The zero-order valence-electron chi connectivity index (χ0n) is 12.5. The number of carbonyl (C=O) groups is 1. The number of ether oxygens (including phenoxy) is 1. The van der Waals surface area contributed by atoms with Gasteiger partial charge in [-0.3, -0.25) is 9.69 Å². The molecule has 6 heteroatoms. The highest BCUT2D eigenvalue weighted by Gasteiger charge is 2.26. The number of halogens is 1. The summed E-state index contributed by atoms with van der Waals surface area (Å²) in [5.74, 6) is 0.448.